The van der Waals surface area contributed by atoms with E-state index in [4.69, 9.17) is 5.21 Å². The molecule has 0 aliphatic heterocycles. The third-order valence-corrected chi connectivity index (χ3v) is 2.36. The lowest BCUT2D eigenvalue weighted by Crippen LogP contribution is -2.14. The van der Waals surface area contributed by atoms with Gasteiger partial charge in [0.05, 0.1) is 5.69 Å². The van der Waals surface area contributed by atoms with Crippen molar-refractivity contribution < 1.29 is 5.21 Å². The second kappa shape index (κ2) is 3.17. The van der Waals surface area contributed by atoms with Gasteiger partial charge < -0.3 is 5.21 Å². The summed E-state index contributed by atoms with van der Waals surface area (Å²) in [5.74, 6) is 0. The van der Waals surface area contributed by atoms with E-state index in [-0.39, 0.29) is 0 Å². The molecule has 1 aromatic rings. The predicted octanol–water partition coefficient (Wildman–Crippen LogP) is 1.90. The monoisotopic (exact) mass is 176 g/mol. The lowest BCUT2D eigenvalue weighted by atomic mass is 9.94. The fraction of sp³-hybridized carbons (Fsp3) is 0.400. The number of aromatic nitrogens is 1. The predicted molar refractivity (Wildman–Crippen MR) is 50.2 cm³/mol. The highest BCUT2D eigenvalue weighted by atomic mass is 16.4. The highest BCUT2D eigenvalue weighted by Gasteiger charge is 2.16. The Hall–Kier alpha value is -1.38. The fourth-order valence-electron chi connectivity index (χ4n) is 1.74. The summed E-state index contributed by atoms with van der Waals surface area (Å²) < 4.78 is 0. The smallest absolute Gasteiger partial charge is 0.105 e. The molecule has 0 atom stereocenters. The molecule has 0 amide bonds. The molecule has 3 heteroatoms. The number of rotatable bonds is 0. The Kier molecular flexibility index (Phi) is 2.00. The average molecular weight is 176 g/mol. The summed E-state index contributed by atoms with van der Waals surface area (Å²) in [5.41, 5.74) is 3.97. The minimum atomic E-state index is 0.723. The Labute approximate surface area is 77.1 Å². The summed E-state index contributed by atoms with van der Waals surface area (Å²) >= 11 is 0. The first kappa shape index (κ1) is 8.23. The maximum absolute atomic E-state index is 8.76. The third kappa shape index (κ3) is 1.41. The molecule has 13 heavy (non-hydrogen) atoms. The van der Waals surface area contributed by atoms with Gasteiger partial charge in [0.15, 0.2) is 0 Å². The van der Waals surface area contributed by atoms with Gasteiger partial charge in [0, 0.05) is 6.20 Å². The molecule has 1 aliphatic rings. The Morgan fingerprint density at radius 2 is 2.31 bits per heavy atom. The third-order valence-electron chi connectivity index (χ3n) is 2.36. The van der Waals surface area contributed by atoms with Crippen LogP contribution in [0.15, 0.2) is 17.4 Å². The number of pyridine rings is 1. The van der Waals surface area contributed by atoms with E-state index in [0.717, 1.165) is 36.2 Å². The van der Waals surface area contributed by atoms with Crippen molar-refractivity contribution >= 4 is 5.71 Å². The minimum Gasteiger partial charge on any atom is -0.411 e. The van der Waals surface area contributed by atoms with Crippen LogP contribution in [0.4, 0.5) is 0 Å². The summed E-state index contributed by atoms with van der Waals surface area (Å²) in [5, 5.41) is 12.0. The van der Waals surface area contributed by atoms with Crippen LogP contribution in [0.1, 0.15) is 29.7 Å². The normalized spacial score (nSPS) is 18.7. The van der Waals surface area contributed by atoms with Gasteiger partial charge in [0.1, 0.15) is 5.71 Å². The Bertz CT molecular complexity index is 358. The summed E-state index contributed by atoms with van der Waals surface area (Å²) in [4.78, 5) is 4.28. The molecule has 1 aromatic heterocycles. The van der Waals surface area contributed by atoms with E-state index in [2.05, 4.69) is 16.2 Å². The van der Waals surface area contributed by atoms with Gasteiger partial charge in [-0.2, -0.15) is 0 Å². The SMILES string of the molecule is Cc1cnc2c(c1)CCC/C2=N\O. The average Bonchev–Trinajstić information content (AvgIpc) is 2.16. The molecule has 0 aromatic carbocycles. The van der Waals surface area contributed by atoms with E-state index in [9.17, 15) is 0 Å². The highest BCUT2D eigenvalue weighted by molar-refractivity contribution is 6.00. The van der Waals surface area contributed by atoms with Crippen molar-refractivity contribution in [2.24, 2.45) is 5.16 Å². The Morgan fingerprint density at radius 3 is 3.08 bits per heavy atom. The van der Waals surface area contributed by atoms with Crippen LogP contribution in [0.5, 0.6) is 0 Å². The van der Waals surface area contributed by atoms with E-state index in [1.54, 1.807) is 0 Å². The van der Waals surface area contributed by atoms with Gasteiger partial charge in [-0.15, -0.1) is 0 Å². The second-order valence-electron chi connectivity index (χ2n) is 3.42. The molecule has 3 nitrogen and oxygen atoms in total. The summed E-state index contributed by atoms with van der Waals surface area (Å²) in [6.45, 7) is 2.03. The van der Waals surface area contributed by atoms with Crippen molar-refractivity contribution in [1.82, 2.24) is 4.98 Å². The van der Waals surface area contributed by atoms with Gasteiger partial charge in [-0.25, -0.2) is 0 Å². The fourth-order valence-corrected chi connectivity index (χ4v) is 1.74. The van der Waals surface area contributed by atoms with Crippen LogP contribution in [-0.4, -0.2) is 15.9 Å². The topological polar surface area (TPSA) is 45.5 Å². The number of oxime groups is 1. The summed E-state index contributed by atoms with van der Waals surface area (Å²) in [6, 6.07) is 2.12. The molecule has 1 aliphatic carbocycles. The number of aryl methyl sites for hydroxylation is 2. The van der Waals surface area contributed by atoms with Gasteiger partial charge in [-0.1, -0.05) is 11.2 Å². The minimum absolute atomic E-state index is 0.723. The lowest BCUT2D eigenvalue weighted by molar-refractivity contribution is 0.317. The van der Waals surface area contributed by atoms with Crippen LogP contribution in [0.2, 0.25) is 0 Å². The molecule has 0 radical (unpaired) electrons. The van der Waals surface area contributed by atoms with Crippen molar-refractivity contribution in [2.45, 2.75) is 26.2 Å². The lowest BCUT2D eigenvalue weighted by Gasteiger charge is -2.15. The first-order valence-corrected chi connectivity index (χ1v) is 4.48. The van der Waals surface area contributed by atoms with Gasteiger partial charge >= 0.3 is 0 Å². The molecule has 0 spiro atoms. The zero-order chi connectivity index (χ0) is 9.26. The van der Waals surface area contributed by atoms with Crippen molar-refractivity contribution in [3.63, 3.8) is 0 Å². The molecule has 0 saturated heterocycles. The highest BCUT2D eigenvalue weighted by Crippen LogP contribution is 2.20. The molecular weight excluding hydrogens is 164 g/mol. The maximum atomic E-state index is 8.76. The van der Waals surface area contributed by atoms with E-state index < -0.39 is 0 Å². The summed E-state index contributed by atoms with van der Waals surface area (Å²) in [7, 11) is 0. The van der Waals surface area contributed by atoms with Gasteiger partial charge in [-0.05, 0) is 37.3 Å². The number of hydrogen-bond acceptors (Lipinski definition) is 3. The van der Waals surface area contributed by atoms with Crippen molar-refractivity contribution in [1.29, 1.82) is 0 Å². The number of hydrogen-bond donors (Lipinski definition) is 1. The molecule has 0 bridgehead atoms. The van der Waals surface area contributed by atoms with Crippen LogP contribution in [-0.2, 0) is 6.42 Å². The standard InChI is InChI=1S/C10H12N2O/c1-7-5-8-3-2-4-9(12-13)10(8)11-6-7/h5-6,13H,2-4H2,1H3/b12-9+. The van der Waals surface area contributed by atoms with Gasteiger partial charge in [0.25, 0.3) is 0 Å². The number of nitrogens with zero attached hydrogens (tertiary/aromatic N) is 2. The van der Waals surface area contributed by atoms with Crippen LogP contribution < -0.4 is 0 Å². The Morgan fingerprint density at radius 1 is 1.46 bits per heavy atom. The zero-order valence-electron chi connectivity index (χ0n) is 7.62. The molecule has 0 fully saturated rings. The molecule has 2 rings (SSSR count). The van der Waals surface area contributed by atoms with Crippen LogP contribution in [0, 0.1) is 6.92 Å². The second-order valence-corrected chi connectivity index (χ2v) is 3.42. The van der Waals surface area contributed by atoms with E-state index >= 15 is 0 Å². The molecular formula is C10H12N2O. The Balaban J connectivity index is 2.52. The zero-order valence-corrected chi connectivity index (χ0v) is 7.62. The largest absolute Gasteiger partial charge is 0.411 e. The van der Waals surface area contributed by atoms with E-state index in [1.165, 1.54) is 5.56 Å². The van der Waals surface area contributed by atoms with Gasteiger partial charge in [0.2, 0.25) is 0 Å². The number of fused-ring (bicyclic) bond motifs is 1. The summed E-state index contributed by atoms with van der Waals surface area (Å²) in [6.07, 6.45) is 4.75. The van der Waals surface area contributed by atoms with Crippen LogP contribution in [0.25, 0.3) is 0 Å². The van der Waals surface area contributed by atoms with Crippen molar-refractivity contribution in [3.8, 4) is 0 Å². The van der Waals surface area contributed by atoms with E-state index in [1.807, 2.05) is 13.1 Å². The molecule has 1 N–H and O–H groups in total. The van der Waals surface area contributed by atoms with Crippen molar-refractivity contribution in [3.05, 3.63) is 29.1 Å². The van der Waals surface area contributed by atoms with E-state index in [0.29, 0.717) is 0 Å². The first-order chi connectivity index (χ1) is 6.31. The van der Waals surface area contributed by atoms with Crippen LogP contribution in [0.3, 0.4) is 0 Å². The van der Waals surface area contributed by atoms with Crippen LogP contribution >= 0.6 is 0 Å². The molecule has 1 heterocycles. The molecule has 68 valence electrons. The van der Waals surface area contributed by atoms with Gasteiger partial charge in [-0.3, -0.25) is 4.98 Å². The van der Waals surface area contributed by atoms with Crippen molar-refractivity contribution in [2.75, 3.05) is 0 Å². The molecule has 0 unspecified atom stereocenters. The quantitative estimate of drug-likeness (QED) is 0.484. The maximum Gasteiger partial charge on any atom is 0.105 e. The molecule has 0 saturated carbocycles. The first-order valence-electron chi connectivity index (χ1n) is 4.48.